The molecule has 19 heavy (non-hydrogen) atoms. The van der Waals surface area contributed by atoms with E-state index in [4.69, 9.17) is 5.73 Å². The third kappa shape index (κ3) is 6.00. The Bertz CT molecular complexity index is 439. The van der Waals surface area contributed by atoms with E-state index in [1.165, 1.54) is 11.9 Å². The van der Waals surface area contributed by atoms with E-state index in [9.17, 15) is 9.59 Å². The molecule has 0 saturated carbocycles. The lowest BCUT2D eigenvalue weighted by atomic mass is 10.3. The van der Waals surface area contributed by atoms with Crippen molar-refractivity contribution in [1.82, 2.24) is 9.88 Å². The SMILES string of the molecule is CC(N)C(=O)N(C)CC(=O)Nc1ccc(Br)cn1.Cl. The van der Waals surface area contributed by atoms with Gasteiger partial charge in [-0.15, -0.1) is 12.4 Å². The van der Waals surface area contributed by atoms with E-state index in [-0.39, 0.29) is 30.8 Å². The summed E-state index contributed by atoms with van der Waals surface area (Å²) in [6, 6.07) is 2.81. The third-order valence-electron chi connectivity index (χ3n) is 2.14. The molecule has 3 N–H and O–H groups in total. The number of nitrogens with zero attached hydrogens (tertiary/aromatic N) is 2. The number of aromatic nitrogens is 1. The lowest BCUT2D eigenvalue weighted by Crippen LogP contribution is -2.43. The smallest absolute Gasteiger partial charge is 0.245 e. The van der Waals surface area contributed by atoms with Gasteiger partial charge >= 0.3 is 0 Å². The van der Waals surface area contributed by atoms with Crippen LogP contribution in [0.2, 0.25) is 0 Å². The van der Waals surface area contributed by atoms with Crippen molar-refractivity contribution in [3.63, 3.8) is 0 Å². The topological polar surface area (TPSA) is 88.3 Å². The molecule has 1 aromatic rings. The predicted octanol–water partition coefficient (Wildman–Crippen LogP) is 1.01. The number of halogens is 2. The van der Waals surface area contributed by atoms with Gasteiger partial charge in [-0.2, -0.15) is 0 Å². The summed E-state index contributed by atoms with van der Waals surface area (Å²) < 4.78 is 0.824. The maximum Gasteiger partial charge on any atom is 0.245 e. The fraction of sp³-hybridized carbons (Fsp3) is 0.364. The number of likely N-dealkylation sites (N-methyl/N-ethyl adjacent to an activating group) is 1. The van der Waals surface area contributed by atoms with Crippen LogP contribution in [-0.2, 0) is 9.59 Å². The molecule has 1 unspecified atom stereocenters. The van der Waals surface area contributed by atoms with Gasteiger partial charge in [0.05, 0.1) is 12.6 Å². The van der Waals surface area contributed by atoms with Crippen LogP contribution in [0.4, 0.5) is 5.82 Å². The first kappa shape index (κ1) is 17.8. The number of hydrogen-bond donors (Lipinski definition) is 2. The molecule has 106 valence electrons. The van der Waals surface area contributed by atoms with Crippen LogP contribution in [0.25, 0.3) is 0 Å². The second-order valence-electron chi connectivity index (χ2n) is 3.89. The van der Waals surface area contributed by atoms with E-state index >= 15 is 0 Å². The Morgan fingerprint density at radius 2 is 2.16 bits per heavy atom. The van der Waals surface area contributed by atoms with Gasteiger partial charge in [-0.25, -0.2) is 4.98 Å². The zero-order valence-corrected chi connectivity index (χ0v) is 13.0. The zero-order chi connectivity index (χ0) is 13.7. The van der Waals surface area contributed by atoms with E-state index in [2.05, 4.69) is 26.2 Å². The van der Waals surface area contributed by atoms with Gasteiger partial charge in [0.15, 0.2) is 0 Å². The number of hydrogen-bond acceptors (Lipinski definition) is 4. The number of carbonyl (C=O) groups excluding carboxylic acids is 2. The Kier molecular flexibility index (Phi) is 7.58. The van der Waals surface area contributed by atoms with Crippen LogP contribution in [0.5, 0.6) is 0 Å². The standard InChI is InChI=1S/C11H15BrN4O2.ClH/c1-7(13)11(18)16(2)6-10(17)15-9-4-3-8(12)5-14-9;/h3-5,7H,6,13H2,1-2H3,(H,14,15,17);1H. The van der Waals surface area contributed by atoms with Crippen molar-refractivity contribution in [1.29, 1.82) is 0 Å². The highest BCUT2D eigenvalue weighted by molar-refractivity contribution is 9.10. The van der Waals surface area contributed by atoms with Crippen LogP contribution in [0, 0.1) is 0 Å². The van der Waals surface area contributed by atoms with Gasteiger partial charge in [-0.1, -0.05) is 0 Å². The first-order valence-electron chi connectivity index (χ1n) is 5.32. The van der Waals surface area contributed by atoms with Crippen LogP contribution in [0.1, 0.15) is 6.92 Å². The second kappa shape index (κ2) is 8.08. The number of nitrogens with two attached hydrogens (primary N) is 1. The minimum atomic E-state index is -0.617. The van der Waals surface area contributed by atoms with Gasteiger partial charge in [0.1, 0.15) is 5.82 Å². The van der Waals surface area contributed by atoms with Gasteiger partial charge in [-0.3, -0.25) is 9.59 Å². The molecule has 0 bridgehead atoms. The largest absolute Gasteiger partial charge is 0.335 e. The average Bonchev–Trinajstić information content (AvgIpc) is 2.30. The Balaban J connectivity index is 0.00000324. The van der Waals surface area contributed by atoms with Crippen LogP contribution in [-0.4, -0.2) is 41.3 Å². The van der Waals surface area contributed by atoms with Gasteiger partial charge in [-0.05, 0) is 35.0 Å². The Hall–Kier alpha value is -1.18. The second-order valence-corrected chi connectivity index (χ2v) is 4.81. The molecule has 0 spiro atoms. The van der Waals surface area contributed by atoms with Gasteiger partial charge < -0.3 is 16.0 Å². The maximum atomic E-state index is 11.6. The molecule has 1 aromatic heterocycles. The van der Waals surface area contributed by atoms with Gasteiger partial charge in [0.25, 0.3) is 0 Å². The summed E-state index contributed by atoms with van der Waals surface area (Å²) >= 11 is 3.24. The monoisotopic (exact) mass is 350 g/mol. The van der Waals surface area contributed by atoms with Gasteiger partial charge in [0, 0.05) is 17.7 Å². The first-order valence-corrected chi connectivity index (χ1v) is 6.11. The number of pyridine rings is 1. The molecule has 0 aliphatic rings. The highest BCUT2D eigenvalue weighted by Gasteiger charge is 2.16. The van der Waals surface area contributed by atoms with Crippen molar-refractivity contribution in [3.8, 4) is 0 Å². The molecule has 1 heterocycles. The Morgan fingerprint density at radius 1 is 1.53 bits per heavy atom. The molecular formula is C11H16BrClN4O2. The van der Waals surface area contributed by atoms with Crippen LogP contribution < -0.4 is 11.1 Å². The quantitative estimate of drug-likeness (QED) is 0.847. The predicted molar refractivity (Wildman–Crippen MR) is 79.1 cm³/mol. The number of rotatable bonds is 4. The molecule has 8 heteroatoms. The zero-order valence-electron chi connectivity index (χ0n) is 10.6. The van der Waals surface area contributed by atoms with E-state index in [0.29, 0.717) is 5.82 Å². The summed E-state index contributed by atoms with van der Waals surface area (Å²) in [7, 11) is 1.53. The van der Waals surface area contributed by atoms with E-state index < -0.39 is 6.04 Å². The lowest BCUT2D eigenvalue weighted by molar-refractivity contribution is -0.134. The van der Waals surface area contributed by atoms with Crippen LogP contribution >= 0.6 is 28.3 Å². The fourth-order valence-electron chi connectivity index (χ4n) is 1.27. The van der Waals surface area contributed by atoms with Crippen molar-refractivity contribution in [2.75, 3.05) is 18.9 Å². The van der Waals surface area contributed by atoms with E-state index in [1.807, 2.05) is 0 Å². The average molecular weight is 352 g/mol. The first-order chi connectivity index (χ1) is 8.40. The number of anilines is 1. The molecule has 0 fully saturated rings. The molecule has 1 rings (SSSR count). The Morgan fingerprint density at radius 3 is 2.63 bits per heavy atom. The third-order valence-corrected chi connectivity index (χ3v) is 2.61. The molecule has 6 nitrogen and oxygen atoms in total. The van der Waals surface area contributed by atoms with Gasteiger partial charge in [0.2, 0.25) is 11.8 Å². The summed E-state index contributed by atoms with van der Waals surface area (Å²) in [5.41, 5.74) is 5.44. The molecule has 0 aliphatic heterocycles. The normalized spacial score (nSPS) is 11.2. The molecule has 0 radical (unpaired) electrons. The number of amides is 2. The van der Waals surface area contributed by atoms with Crippen molar-refractivity contribution in [2.24, 2.45) is 5.73 Å². The molecule has 0 saturated heterocycles. The summed E-state index contributed by atoms with van der Waals surface area (Å²) in [6.45, 7) is 1.52. The number of nitrogens with one attached hydrogen (secondary N) is 1. The van der Waals surface area contributed by atoms with Crippen molar-refractivity contribution < 1.29 is 9.59 Å². The minimum Gasteiger partial charge on any atom is -0.335 e. The summed E-state index contributed by atoms with van der Waals surface area (Å²) in [5, 5.41) is 2.59. The van der Waals surface area contributed by atoms with E-state index in [0.717, 1.165) is 4.47 Å². The van der Waals surface area contributed by atoms with Crippen LogP contribution in [0.15, 0.2) is 22.8 Å². The van der Waals surface area contributed by atoms with Crippen molar-refractivity contribution >= 4 is 46.0 Å². The summed E-state index contributed by atoms with van der Waals surface area (Å²) in [6.07, 6.45) is 1.58. The molecule has 2 amide bonds. The molecular weight excluding hydrogens is 336 g/mol. The molecule has 0 aliphatic carbocycles. The van der Waals surface area contributed by atoms with Crippen molar-refractivity contribution in [3.05, 3.63) is 22.8 Å². The van der Waals surface area contributed by atoms with Crippen LogP contribution in [0.3, 0.4) is 0 Å². The maximum absolute atomic E-state index is 11.6. The number of carbonyl (C=O) groups is 2. The van der Waals surface area contributed by atoms with Crippen molar-refractivity contribution in [2.45, 2.75) is 13.0 Å². The molecule has 1 atom stereocenters. The highest BCUT2D eigenvalue weighted by Crippen LogP contribution is 2.10. The van der Waals surface area contributed by atoms with E-state index in [1.54, 1.807) is 25.3 Å². The highest BCUT2D eigenvalue weighted by atomic mass is 79.9. The summed E-state index contributed by atoms with van der Waals surface area (Å²) in [5.74, 6) is -0.167. The minimum absolute atomic E-state index is 0. The Labute approximate surface area is 126 Å². The molecule has 0 aromatic carbocycles. The summed E-state index contributed by atoms with van der Waals surface area (Å²) in [4.78, 5) is 28.4. The lowest BCUT2D eigenvalue weighted by Gasteiger charge is -2.18. The fourth-order valence-corrected chi connectivity index (χ4v) is 1.51.